The molecule has 0 radical (unpaired) electrons. The molecule has 0 aliphatic carbocycles. The number of anilines is 1. The summed E-state index contributed by atoms with van der Waals surface area (Å²) < 4.78 is 23.9. The molecule has 1 heterocycles. The van der Waals surface area contributed by atoms with Gasteiger partial charge < -0.3 is 11.1 Å². The molecule has 0 saturated heterocycles. The summed E-state index contributed by atoms with van der Waals surface area (Å²) in [4.78, 5) is 5.10. The van der Waals surface area contributed by atoms with Crippen molar-refractivity contribution >= 4 is 32.8 Å². The number of guanidine groups is 1. The van der Waals surface area contributed by atoms with Crippen molar-refractivity contribution in [2.24, 2.45) is 10.7 Å². The molecular weight excluding hydrogens is 318 g/mol. The molecule has 3 N–H and O–H groups in total. The lowest BCUT2D eigenvalue weighted by Gasteiger charge is -2.05. The molecule has 7 heteroatoms. The van der Waals surface area contributed by atoms with E-state index in [-0.39, 0.29) is 5.75 Å². The minimum absolute atomic E-state index is 0.104. The lowest BCUT2D eigenvalue weighted by molar-refractivity contribution is 0.599. The quantitative estimate of drug-likeness (QED) is 0.649. The summed E-state index contributed by atoms with van der Waals surface area (Å²) in [5.74, 6) is 0.409. The van der Waals surface area contributed by atoms with Crippen molar-refractivity contribution in [3.8, 4) is 0 Å². The van der Waals surface area contributed by atoms with Gasteiger partial charge in [-0.25, -0.2) is 13.4 Å². The van der Waals surface area contributed by atoms with Crippen molar-refractivity contribution in [3.63, 3.8) is 0 Å². The first kappa shape index (κ1) is 16.5. The average molecular weight is 337 g/mol. The molecule has 2 aromatic rings. The van der Waals surface area contributed by atoms with Gasteiger partial charge in [0, 0.05) is 10.6 Å². The number of aliphatic imine (C=N–C) groups is 1. The monoisotopic (exact) mass is 337 g/mol. The molecule has 0 bridgehead atoms. The molecule has 1 aromatic heterocycles. The van der Waals surface area contributed by atoms with E-state index in [1.807, 2.05) is 31.2 Å². The molecule has 0 spiro atoms. The third-order valence-electron chi connectivity index (χ3n) is 3.02. The number of benzene rings is 1. The van der Waals surface area contributed by atoms with E-state index in [4.69, 9.17) is 5.73 Å². The number of aryl methyl sites for hydroxylation is 1. The molecule has 22 heavy (non-hydrogen) atoms. The van der Waals surface area contributed by atoms with Gasteiger partial charge in [-0.3, -0.25) is 0 Å². The summed E-state index contributed by atoms with van der Waals surface area (Å²) in [5.41, 5.74) is 7.85. The van der Waals surface area contributed by atoms with Crippen LogP contribution in [0.5, 0.6) is 0 Å². The van der Waals surface area contributed by atoms with Crippen LogP contribution >= 0.6 is 11.3 Å². The minimum Gasteiger partial charge on any atom is -0.370 e. The summed E-state index contributed by atoms with van der Waals surface area (Å²) in [6.07, 6.45) is 0. The maximum absolute atomic E-state index is 11.8. The van der Waals surface area contributed by atoms with E-state index < -0.39 is 9.84 Å². The number of sulfone groups is 1. The molecule has 0 fully saturated rings. The second-order valence-electron chi connectivity index (χ2n) is 4.82. The Morgan fingerprint density at radius 2 is 2.09 bits per heavy atom. The van der Waals surface area contributed by atoms with E-state index in [1.54, 1.807) is 19.1 Å². The summed E-state index contributed by atoms with van der Waals surface area (Å²) in [7, 11) is -3.15. The average Bonchev–Trinajstić information content (AvgIpc) is 2.95. The fourth-order valence-corrected chi connectivity index (χ4v) is 4.23. The molecule has 118 valence electrons. The van der Waals surface area contributed by atoms with Crippen LogP contribution in [0.15, 0.2) is 45.6 Å². The van der Waals surface area contributed by atoms with E-state index in [0.29, 0.717) is 16.7 Å². The summed E-state index contributed by atoms with van der Waals surface area (Å²) in [6.45, 7) is 3.99. The predicted octanol–water partition coefficient (Wildman–Crippen LogP) is 2.78. The van der Waals surface area contributed by atoms with Gasteiger partial charge in [0.1, 0.15) is 4.21 Å². The van der Waals surface area contributed by atoms with E-state index in [9.17, 15) is 8.42 Å². The van der Waals surface area contributed by atoms with E-state index >= 15 is 0 Å². The van der Waals surface area contributed by atoms with E-state index in [2.05, 4.69) is 10.3 Å². The number of thiophene rings is 1. The van der Waals surface area contributed by atoms with Crippen LogP contribution < -0.4 is 11.1 Å². The van der Waals surface area contributed by atoms with Crippen LogP contribution in [0.3, 0.4) is 0 Å². The first-order valence-corrected chi connectivity index (χ1v) is 9.32. The Kier molecular flexibility index (Phi) is 5.20. The molecule has 0 atom stereocenters. The molecule has 0 amide bonds. The van der Waals surface area contributed by atoms with Gasteiger partial charge in [0.25, 0.3) is 0 Å². The van der Waals surface area contributed by atoms with Gasteiger partial charge in [-0.1, -0.05) is 19.1 Å². The molecular formula is C15H19N3O2S2. The highest BCUT2D eigenvalue weighted by Gasteiger charge is 2.14. The van der Waals surface area contributed by atoms with Crippen LogP contribution in [0, 0.1) is 6.92 Å². The third-order valence-corrected chi connectivity index (χ3v) is 6.40. The lowest BCUT2D eigenvalue weighted by atomic mass is 10.2. The second-order valence-corrected chi connectivity index (χ2v) is 8.49. The maximum Gasteiger partial charge on any atom is 0.193 e. The van der Waals surface area contributed by atoms with Gasteiger partial charge in [-0.05, 0) is 36.8 Å². The SMILES string of the molecule is CCS(=O)(=O)c1ccc(CN=C(N)Nc2cccc(C)c2)s1. The third kappa shape index (κ3) is 4.32. The van der Waals surface area contributed by atoms with Crippen LogP contribution in [-0.2, 0) is 16.4 Å². The summed E-state index contributed by atoms with van der Waals surface area (Å²) >= 11 is 1.24. The number of nitrogens with zero attached hydrogens (tertiary/aromatic N) is 1. The minimum atomic E-state index is -3.15. The first-order valence-electron chi connectivity index (χ1n) is 6.86. The maximum atomic E-state index is 11.8. The highest BCUT2D eigenvalue weighted by atomic mass is 32.2. The highest BCUT2D eigenvalue weighted by molar-refractivity contribution is 7.93. The van der Waals surface area contributed by atoms with Crippen molar-refractivity contribution in [2.45, 2.75) is 24.6 Å². The van der Waals surface area contributed by atoms with E-state index in [1.165, 1.54) is 11.3 Å². The van der Waals surface area contributed by atoms with Gasteiger partial charge in [-0.2, -0.15) is 0 Å². The smallest absolute Gasteiger partial charge is 0.193 e. The van der Waals surface area contributed by atoms with Crippen LogP contribution in [0.4, 0.5) is 5.69 Å². The lowest BCUT2D eigenvalue weighted by Crippen LogP contribution is -2.22. The zero-order valence-corrected chi connectivity index (χ0v) is 14.2. The Morgan fingerprint density at radius 3 is 2.77 bits per heavy atom. The van der Waals surface area contributed by atoms with Crippen molar-refractivity contribution < 1.29 is 8.42 Å². The van der Waals surface area contributed by atoms with Gasteiger partial charge in [0.2, 0.25) is 0 Å². The Labute approximate surface area is 134 Å². The van der Waals surface area contributed by atoms with Crippen molar-refractivity contribution in [1.82, 2.24) is 0 Å². The normalized spacial score (nSPS) is 12.4. The fraction of sp³-hybridized carbons (Fsp3) is 0.267. The van der Waals surface area contributed by atoms with Crippen LogP contribution in [-0.4, -0.2) is 20.1 Å². The van der Waals surface area contributed by atoms with Gasteiger partial charge in [0.15, 0.2) is 15.8 Å². The number of nitrogens with two attached hydrogens (primary N) is 1. The summed E-state index contributed by atoms with van der Waals surface area (Å²) in [6, 6.07) is 11.2. The Morgan fingerprint density at radius 1 is 1.32 bits per heavy atom. The van der Waals surface area contributed by atoms with Crippen molar-refractivity contribution in [1.29, 1.82) is 0 Å². The van der Waals surface area contributed by atoms with E-state index in [0.717, 1.165) is 16.1 Å². The van der Waals surface area contributed by atoms with Gasteiger partial charge >= 0.3 is 0 Å². The van der Waals surface area contributed by atoms with Crippen LogP contribution in [0.1, 0.15) is 17.4 Å². The standard InChI is InChI=1S/C15H19N3O2S2/c1-3-22(19,20)14-8-7-13(21-14)10-17-15(16)18-12-6-4-5-11(2)9-12/h4-9H,3,10H2,1-2H3,(H3,16,17,18). The number of hydrogen-bond acceptors (Lipinski definition) is 4. The zero-order chi connectivity index (χ0) is 16.2. The number of hydrogen-bond donors (Lipinski definition) is 2. The molecule has 0 unspecified atom stereocenters. The van der Waals surface area contributed by atoms with Gasteiger partial charge in [-0.15, -0.1) is 11.3 Å². The van der Waals surface area contributed by atoms with Crippen molar-refractivity contribution in [3.05, 3.63) is 46.8 Å². The second kappa shape index (κ2) is 6.93. The van der Waals surface area contributed by atoms with Crippen LogP contribution in [0.25, 0.3) is 0 Å². The molecule has 1 aromatic carbocycles. The van der Waals surface area contributed by atoms with Crippen molar-refractivity contribution in [2.75, 3.05) is 11.1 Å². The number of rotatable bonds is 5. The first-order chi connectivity index (χ1) is 10.4. The largest absolute Gasteiger partial charge is 0.370 e. The molecule has 2 rings (SSSR count). The number of nitrogens with one attached hydrogen (secondary N) is 1. The summed E-state index contributed by atoms with van der Waals surface area (Å²) in [5, 5.41) is 3.02. The van der Waals surface area contributed by atoms with Gasteiger partial charge in [0.05, 0.1) is 12.3 Å². The molecule has 0 saturated carbocycles. The highest BCUT2D eigenvalue weighted by Crippen LogP contribution is 2.23. The molecule has 0 aliphatic heterocycles. The Bertz CT molecular complexity index is 780. The fourth-order valence-electron chi connectivity index (χ4n) is 1.83. The molecule has 5 nitrogen and oxygen atoms in total. The zero-order valence-electron chi connectivity index (χ0n) is 12.5. The Balaban J connectivity index is 2.02. The Hall–Kier alpha value is -1.86. The molecule has 0 aliphatic rings. The topological polar surface area (TPSA) is 84.5 Å². The van der Waals surface area contributed by atoms with Crippen LogP contribution in [0.2, 0.25) is 0 Å². The predicted molar refractivity (Wildman–Crippen MR) is 92.2 cm³/mol.